The van der Waals surface area contributed by atoms with Gasteiger partial charge in [0.05, 0.1) is 0 Å². The molecule has 0 unspecified atom stereocenters. The molecular formula is H3BCaO4+4. The van der Waals surface area contributed by atoms with Crippen LogP contribution in [0.4, 0.5) is 0 Å². The van der Waals surface area contributed by atoms with E-state index in [4.69, 9.17) is 15.1 Å². The van der Waals surface area contributed by atoms with E-state index in [1.54, 1.807) is 0 Å². The van der Waals surface area contributed by atoms with Crippen molar-refractivity contribution in [3.8, 4) is 0 Å². The first kappa shape index (κ1) is 15.7. The zero-order valence-electron chi connectivity index (χ0n) is 3.03. The summed E-state index contributed by atoms with van der Waals surface area (Å²) in [6, 6.07) is 0. The molecule has 4 radical (unpaired) electrons. The third-order valence-corrected chi connectivity index (χ3v) is 0. The van der Waals surface area contributed by atoms with Crippen LogP contribution in [-0.2, 0) is 5.48 Å². The molecule has 6 heteroatoms. The Morgan fingerprint density at radius 1 is 1.00 bits per heavy atom. The minimum Gasteiger partial charge on any atom is -0.402 e. The van der Waals surface area contributed by atoms with Gasteiger partial charge < -0.3 is 15.1 Å². The van der Waals surface area contributed by atoms with Gasteiger partial charge in [-0.05, 0) is 0 Å². The molecule has 3 N–H and O–H groups in total. The van der Waals surface area contributed by atoms with Gasteiger partial charge in [0.15, 0.2) is 0 Å². The van der Waals surface area contributed by atoms with Crippen LogP contribution in [0.25, 0.3) is 0 Å². The molecule has 6 heavy (non-hydrogen) atoms. The fourth-order valence-corrected chi connectivity index (χ4v) is 0. The maximum Gasteiger partial charge on any atom is 2.00 e. The topological polar surface area (TPSA) is 89.2 Å². The van der Waals surface area contributed by atoms with Crippen molar-refractivity contribution in [2.45, 2.75) is 0 Å². The van der Waals surface area contributed by atoms with Crippen LogP contribution in [0.15, 0.2) is 0 Å². The molecule has 0 aliphatic carbocycles. The van der Waals surface area contributed by atoms with E-state index in [0.29, 0.717) is 0 Å². The Kier molecular flexibility index (Phi) is 24.8. The van der Waals surface area contributed by atoms with E-state index in [1.165, 1.54) is 0 Å². The molecule has 0 saturated carbocycles. The molecule has 0 aromatic heterocycles. The molecule has 0 aliphatic rings. The smallest absolute Gasteiger partial charge is 0.402 e. The summed E-state index contributed by atoms with van der Waals surface area (Å²) in [6.07, 6.45) is 0. The fourth-order valence-electron chi connectivity index (χ4n) is 0. The van der Waals surface area contributed by atoms with E-state index in [1.807, 2.05) is 0 Å². The van der Waals surface area contributed by atoms with Crippen LogP contribution in [-0.4, -0.2) is 60.1 Å². The van der Waals surface area contributed by atoms with Crippen molar-refractivity contribution >= 4 is 45.1 Å². The molecule has 0 aromatic rings. The average molecular weight is 118 g/mol. The predicted octanol–water partition coefficient (Wildman–Crippen LogP) is -2.55. The first-order valence-corrected chi connectivity index (χ1v) is 0.775. The van der Waals surface area contributed by atoms with Crippen LogP contribution in [0, 0.1) is 0 Å². The van der Waals surface area contributed by atoms with Crippen LogP contribution >= 0.6 is 0 Å². The van der Waals surface area contributed by atoms with Crippen molar-refractivity contribution in [3.05, 3.63) is 0 Å². The van der Waals surface area contributed by atoms with Gasteiger partial charge in [-0.15, -0.1) is 0 Å². The number of rotatable bonds is 0. The summed E-state index contributed by atoms with van der Waals surface area (Å²) >= 11 is 0. The van der Waals surface area contributed by atoms with Crippen LogP contribution in [0.5, 0.6) is 0 Å². The van der Waals surface area contributed by atoms with Gasteiger partial charge in [0.1, 0.15) is 0 Å². The van der Waals surface area contributed by atoms with Crippen molar-refractivity contribution in [2.24, 2.45) is 0 Å². The minimum atomic E-state index is -2.17. The van der Waals surface area contributed by atoms with Gasteiger partial charge in [-0.25, -0.2) is 0 Å². The molecule has 0 amide bonds. The van der Waals surface area contributed by atoms with E-state index < -0.39 is 7.32 Å². The van der Waals surface area contributed by atoms with Crippen molar-refractivity contribution in [1.29, 1.82) is 0 Å². The summed E-state index contributed by atoms with van der Waals surface area (Å²) in [5, 5.41) is 21.5. The second-order valence-electron chi connectivity index (χ2n) is 0.346. The molecule has 0 aromatic carbocycles. The van der Waals surface area contributed by atoms with E-state index in [-0.39, 0.29) is 43.2 Å². The summed E-state index contributed by atoms with van der Waals surface area (Å²) in [4.78, 5) is 0. The number of hydrogen-bond donors (Lipinski definition) is 3. The van der Waals surface area contributed by atoms with E-state index in [0.717, 1.165) is 0 Å². The summed E-state index contributed by atoms with van der Waals surface area (Å²) in [5.74, 6) is 0. The Hall–Kier alpha value is 1.16. The van der Waals surface area contributed by atoms with Gasteiger partial charge in [-0.3, -0.25) is 0 Å². The number of hydrogen-bond acceptors (Lipinski definition) is 3. The van der Waals surface area contributed by atoms with Gasteiger partial charge in [0.2, 0.25) is 0 Å². The van der Waals surface area contributed by atoms with E-state index in [9.17, 15) is 0 Å². The molecule has 0 rings (SSSR count). The quantitative estimate of drug-likeness (QED) is 0.306. The van der Waals surface area contributed by atoms with Crippen LogP contribution in [0.3, 0.4) is 0 Å². The van der Waals surface area contributed by atoms with Gasteiger partial charge in [-0.1, -0.05) is 0 Å². The molecule has 0 atom stereocenters. The zero-order chi connectivity index (χ0) is 3.58. The first-order chi connectivity index (χ1) is 1.73. The Morgan fingerprint density at radius 2 is 1.00 bits per heavy atom. The Balaban J connectivity index is -0.0000000450. The maximum absolute atomic E-state index is 7.17. The SMILES string of the molecule is OB(O)O.[Ca+2].[O+2]. The van der Waals surface area contributed by atoms with Crippen LogP contribution < -0.4 is 0 Å². The molecule has 0 spiro atoms. The van der Waals surface area contributed by atoms with Crippen molar-refractivity contribution < 1.29 is 20.5 Å². The van der Waals surface area contributed by atoms with E-state index in [2.05, 4.69) is 0 Å². The van der Waals surface area contributed by atoms with Gasteiger partial charge >= 0.3 is 50.5 Å². The predicted molar refractivity (Wildman–Crippen MR) is 18.9 cm³/mol. The molecule has 0 bridgehead atoms. The normalized spacial score (nSPS) is 4.50. The molecule has 0 fully saturated rings. The maximum atomic E-state index is 7.17. The summed E-state index contributed by atoms with van der Waals surface area (Å²) in [7, 11) is -2.17. The largest absolute Gasteiger partial charge is 2.00 e. The molecule has 0 saturated heterocycles. The fraction of sp³-hybridized carbons (Fsp3) is 0. The average Bonchev–Trinajstić information content (AvgIpc) is 0.811. The second-order valence-corrected chi connectivity index (χ2v) is 0.346. The van der Waals surface area contributed by atoms with Crippen molar-refractivity contribution in [1.82, 2.24) is 0 Å². The zero-order valence-corrected chi connectivity index (χ0v) is 5.24. The van der Waals surface area contributed by atoms with Gasteiger partial charge in [0.25, 0.3) is 0 Å². The third-order valence-electron chi connectivity index (χ3n) is 0. The van der Waals surface area contributed by atoms with Crippen molar-refractivity contribution in [3.63, 3.8) is 0 Å². The van der Waals surface area contributed by atoms with Gasteiger partial charge in [-0.2, -0.15) is 0 Å². The molecular weight excluding hydrogens is 115 g/mol. The summed E-state index contributed by atoms with van der Waals surface area (Å²) in [6.45, 7) is 0. The summed E-state index contributed by atoms with van der Waals surface area (Å²) < 4.78 is 0. The molecule has 0 heterocycles. The molecule has 0 aliphatic heterocycles. The van der Waals surface area contributed by atoms with Crippen LogP contribution in [0.1, 0.15) is 0 Å². The molecule has 4 nitrogen and oxygen atoms in total. The Labute approximate surface area is 65.3 Å². The Morgan fingerprint density at radius 3 is 1.00 bits per heavy atom. The van der Waals surface area contributed by atoms with Crippen LogP contribution in [0.2, 0.25) is 0 Å². The van der Waals surface area contributed by atoms with Crippen molar-refractivity contribution in [2.75, 3.05) is 0 Å². The molecule has 28 valence electrons. The minimum absolute atomic E-state index is 0. The monoisotopic (exact) mass is 118 g/mol. The Bertz CT molecular complexity index is 12.3. The first-order valence-electron chi connectivity index (χ1n) is 0.775. The standard InChI is InChI=1S/BH3O3.Ca.O/c2-1(3)4;;/h2-4H;;/q;2*+2. The van der Waals surface area contributed by atoms with E-state index >= 15 is 0 Å². The van der Waals surface area contributed by atoms with Gasteiger partial charge in [0, 0.05) is 0 Å². The third kappa shape index (κ3) is 66.0. The second kappa shape index (κ2) is 9.48. The summed E-state index contributed by atoms with van der Waals surface area (Å²) in [5.41, 5.74) is 0.